The number of phosphoric acid groups is 1. The predicted octanol–water partition coefficient (Wildman–Crippen LogP) is 3.43. The zero-order valence-electron chi connectivity index (χ0n) is 15.9. The Morgan fingerprint density at radius 1 is 1.24 bits per heavy atom. The van der Waals surface area contributed by atoms with Crippen LogP contribution in [0.5, 0.6) is 5.75 Å². The minimum absolute atomic E-state index is 0.142. The molecule has 1 rings (SSSR count). The molecule has 1 atom stereocenters. The van der Waals surface area contributed by atoms with E-state index in [1.165, 1.54) is 6.07 Å². The Hall–Kier alpha value is -1.65. The van der Waals surface area contributed by atoms with Crippen LogP contribution in [0.4, 0.5) is 18.9 Å². The molecule has 29 heavy (non-hydrogen) atoms. The molecule has 0 aliphatic carbocycles. The van der Waals surface area contributed by atoms with Gasteiger partial charge in [-0.25, -0.2) is 4.57 Å². The molecule has 0 bridgehead atoms. The maximum atomic E-state index is 13.3. The number of halogens is 3. The molecule has 12 heteroatoms. The van der Waals surface area contributed by atoms with E-state index in [1.54, 1.807) is 0 Å². The second-order valence-electron chi connectivity index (χ2n) is 6.35. The molecule has 166 valence electrons. The number of alkyl halides is 3. The molecule has 1 aromatic carbocycles. The molecule has 0 saturated heterocycles. The Balaban J connectivity index is 2.75. The van der Waals surface area contributed by atoms with E-state index in [9.17, 15) is 22.5 Å². The van der Waals surface area contributed by atoms with E-state index < -0.39 is 38.1 Å². The third kappa shape index (κ3) is 10.1. The number of hydrogen-bond donors (Lipinski definition) is 4. The molecule has 0 heterocycles. The van der Waals surface area contributed by atoms with Crippen LogP contribution >= 0.6 is 7.82 Å². The first-order chi connectivity index (χ1) is 13.4. The summed E-state index contributed by atoms with van der Waals surface area (Å²) in [6.45, 7) is 1.40. The Labute approximate surface area is 166 Å². The fourth-order valence-corrected chi connectivity index (χ4v) is 2.69. The van der Waals surface area contributed by atoms with Gasteiger partial charge in [-0.2, -0.15) is 13.2 Å². The van der Waals surface area contributed by atoms with E-state index in [-0.39, 0.29) is 18.0 Å². The standard InChI is InChI=1S/C17H26F3N2O6P/c1-2-3-4-5-6-9-27-15-8-7-12(10-13(15)17(18,19)20)22-16(23)14(21)11-28-29(24,25)26/h7-8,10,14H,2-6,9,11,21H2,1H3,(H,22,23)(H2,24,25,26)/t14-/m0/s1. The third-order valence-corrected chi connectivity index (χ3v) is 4.30. The summed E-state index contributed by atoms with van der Waals surface area (Å²) in [5.74, 6) is -1.31. The summed E-state index contributed by atoms with van der Waals surface area (Å²) in [4.78, 5) is 29.1. The smallest absolute Gasteiger partial charge is 0.469 e. The van der Waals surface area contributed by atoms with Crippen LogP contribution in [0.3, 0.4) is 0 Å². The van der Waals surface area contributed by atoms with E-state index in [2.05, 4.69) is 16.8 Å². The maximum Gasteiger partial charge on any atom is 0.469 e. The molecule has 0 fully saturated rings. The summed E-state index contributed by atoms with van der Waals surface area (Å²) in [6.07, 6.45) is -0.111. The first-order valence-electron chi connectivity index (χ1n) is 9.04. The molecular formula is C17H26F3N2O6P. The van der Waals surface area contributed by atoms with Gasteiger partial charge >= 0.3 is 14.0 Å². The largest absolute Gasteiger partial charge is 0.493 e. The van der Waals surface area contributed by atoms with Crippen LogP contribution in [0, 0.1) is 0 Å². The van der Waals surface area contributed by atoms with Crippen LogP contribution in [0.1, 0.15) is 44.6 Å². The van der Waals surface area contributed by atoms with Crippen molar-refractivity contribution in [2.45, 2.75) is 51.2 Å². The van der Waals surface area contributed by atoms with Crippen molar-refractivity contribution in [3.05, 3.63) is 23.8 Å². The lowest BCUT2D eigenvalue weighted by Crippen LogP contribution is -2.39. The number of hydrogen-bond acceptors (Lipinski definition) is 5. The zero-order chi connectivity index (χ0) is 22.1. The second kappa shape index (κ2) is 11.5. The van der Waals surface area contributed by atoms with E-state index in [1.807, 2.05) is 0 Å². The number of nitrogens with one attached hydrogen (secondary N) is 1. The summed E-state index contributed by atoms with van der Waals surface area (Å²) < 4.78 is 60.0. The number of carbonyl (C=O) groups excluding carboxylic acids is 1. The van der Waals surface area contributed by atoms with Crippen molar-refractivity contribution >= 4 is 19.4 Å². The molecule has 0 spiro atoms. The molecule has 0 unspecified atom stereocenters. The van der Waals surface area contributed by atoms with Crippen molar-refractivity contribution in [1.29, 1.82) is 0 Å². The van der Waals surface area contributed by atoms with Crippen molar-refractivity contribution in [3.63, 3.8) is 0 Å². The molecule has 8 nitrogen and oxygen atoms in total. The quantitative estimate of drug-likeness (QED) is 0.288. The number of phosphoric ester groups is 1. The zero-order valence-corrected chi connectivity index (χ0v) is 16.8. The number of ether oxygens (including phenoxy) is 1. The Bertz CT molecular complexity index is 711. The van der Waals surface area contributed by atoms with Crippen LogP contribution in [-0.4, -0.2) is 34.9 Å². The molecule has 0 aromatic heterocycles. The number of amides is 1. The number of benzene rings is 1. The summed E-state index contributed by atoms with van der Waals surface area (Å²) >= 11 is 0. The van der Waals surface area contributed by atoms with Gasteiger partial charge in [-0.05, 0) is 24.6 Å². The van der Waals surface area contributed by atoms with Crippen molar-refractivity contribution in [2.24, 2.45) is 5.73 Å². The molecule has 0 radical (unpaired) electrons. The van der Waals surface area contributed by atoms with Gasteiger partial charge in [0.2, 0.25) is 5.91 Å². The SMILES string of the molecule is CCCCCCCOc1ccc(NC(=O)[C@@H](N)COP(=O)(O)O)cc1C(F)(F)F. The van der Waals surface area contributed by atoms with Gasteiger partial charge < -0.3 is 25.6 Å². The van der Waals surface area contributed by atoms with Gasteiger partial charge in [0.05, 0.1) is 18.8 Å². The Morgan fingerprint density at radius 2 is 1.90 bits per heavy atom. The van der Waals surface area contributed by atoms with E-state index >= 15 is 0 Å². The molecule has 0 saturated carbocycles. The highest BCUT2D eigenvalue weighted by molar-refractivity contribution is 7.46. The lowest BCUT2D eigenvalue weighted by Gasteiger charge is -2.17. The highest BCUT2D eigenvalue weighted by Crippen LogP contribution is 2.38. The van der Waals surface area contributed by atoms with Gasteiger partial charge in [-0.15, -0.1) is 0 Å². The lowest BCUT2D eigenvalue weighted by atomic mass is 10.1. The van der Waals surface area contributed by atoms with Gasteiger partial charge in [0.1, 0.15) is 11.8 Å². The van der Waals surface area contributed by atoms with Gasteiger partial charge in [0.15, 0.2) is 0 Å². The molecule has 5 N–H and O–H groups in total. The number of unbranched alkanes of at least 4 members (excludes halogenated alkanes) is 4. The average Bonchev–Trinajstić information content (AvgIpc) is 2.61. The van der Waals surface area contributed by atoms with Crippen LogP contribution < -0.4 is 15.8 Å². The second-order valence-corrected chi connectivity index (χ2v) is 7.59. The summed E-state index contributed by atoms with van der Waals surface area (Å²) in [5.41, 5.74) is 4.17. The minimum Gasteiger partial charge on any atom is -0.493 e. The fraction of sp³-hybridized carbons (Fsp3) is 0.588. The first kappa shape index (κ1) is 25.4. The maximum absolute atomic E-state index is 13.3. The van der Waals surface area contributed by atoms with E-state index in [0.29, 0.717) is 12.5 Å². The lowest BCUT2D eigenvalue weighted by molar-refractivity contribution is -0.139. The van der Waals surface area contributed by atoms with Crippen molar-refractivity contribution in [1.82, 2.24) is 0 Å². The van der Waals surface area contributed by atoms with Gasteiger partial charge in [-0.1, -0.05) is 32.6 Å². The first-order valence-corrected chi connectivity index (χ1v) is 10.6. The van der Waals surface area contributed by atoms with Gasteiger partial charge in [0.25, 0.3) is 0 Å². The van der Waals surface area contributed by atoms with Crippen molar-refractivity contribution in [2.75, 3.05) is 18.5 Å². The Morgan fingerprint density at radius 3 is 2.48 bits per heavy atom. The van der Waals surface area contributed by atoms with Crippen molar-refractivity contribution in [3.8, 4) is 5.75 Å². The summed E-state index contributed by atoms with van der Waals surface area (Å²) in [6, 6.07) is 1.54. The number of rotatable bonds is 12. The summed E-state index contributed by atoms with van der Waals surface area (Å²) in [7, 11) is -4.82. The predicted molar refractivity (Wildman–Crippen MR) is 100 cm³/mol. The Kier molecular flexibility index (Phi) is 10.1. The monoisotopic (exact) mass is 442 g/mol. The molecule has 0 aliphatic rings. The highest BCUT2D eigenvalue weighted by atomic mass is 31.2. The van der Waals surface area contributed by atoms with Crippen LogP contribution in [-0.2, 0) is 20.1 Å². The number of carbonyl (C=O) groups is 1. The van der Waals surface area contributed by atoms with Gasteiger partial charge in [0, 0.05) is 5.69 Å². The van der Waals surface area contributed by atoms with Crippen molar-refractivity contribution < 1.29 is 41.6 Å². The topological polar surface area (TPSA) is 131 Å². The minimum atomic E-state index is -4.82. The average molecular weight is 442 g/mol. The molecule has 0 aliphatic heterocycles. The third-order valence-electron chi connectivity index (χ3n) is 3.82. The van der Waals surface area contributed by atoms with Gasteiger partial charge in [-0.3, -0.25) is 9.32 Å². The molecule has 1 aromatic rings. The normalized spacial score (nSPS) is 13.2. The number of nitrogens with two attached hydrogens (primary N) is 1. The van der Waals surface area contributed by atoms with Crippen LogP contribution in [0.25, 0.3) is 0 Å². The summed E-state index contributed by atoms with van der Waals surface area (Å²) in [5, 5.41) is 2.16. The molecule has 1 amide bonds. The van der Waals surface area contributed by atoms with Crippen LogP contribution in [0.2, 0.25) is 0 Å². The van der Waals surface area contributed by atoms with E-state index in [4.69, 9.17) is 20.3 Å². The van der Waals surface area contributed by atoms with E-state index in [0.717, 1.165) is 31.7 Å². The number of anilines is 1. The fourth-order valence-electron chi connectivity index (χ4n) is 2.33. The van der Waals surface area contributed by atoms with Crippen LogP contribution in [0.15, 0.2) is 18.2 Å². The highest BCUT2D eigenvalue weighted by Gasteiger charge is 2.35. The molecular weight excluding hydrogens is 416 g/mol.